The number of amides is 2. The van der Waals surface area contributed by atoms with E-state index in [4.69, 9.17) is 0 Å². The fraction of sp³-hybridized carbons (Fsp3) is 0.292. The standard InChI is InChI=1S/C24H25BrN4O2/c1-17-15-21(20-16-18(25)7-8-22(20)27-17)24(31)26-10-9-23(30)29-13-11-28(12-14-29)19-5-3-2-4-6-19/h2-8,15-16H,9-14H2,1H3,(H,26,31). The molecule has 1 N–H and O–H groups in total. The molecule has 6 nitrogen and oxygen atoms in total. The number of aromatic nitrogens is 1. The van der Waals surface area contributed by atoms with Gasteiger partial charge in [-0.15, -0.1) is 0 Å². The summed E-state index contributed by atoms with van der Waals surface area (Å²) in [5.41, 5.74) is 3.33. The van der Waals surface area contributed by atoms with Crippen LogP contribution in [0.15, 0.2) is 59.1 Å². The monoisotopic (exact) mass is 480 g/mol. The molecule has 0 radical (unpaired) electrons. The lowest BCUT2D eigenvalue weighted by atomic mass is 10.1. The first-order valence-electron chi connectivity index (χ1n) is 10.4. The lowest BCUT2D eigenvalue weighted by Gasteiger charge is -2.36. The van der Waals surface area contributed by atoms with E-state index in [0.29, 0.717) is 31.6 Å². The van der Waals surface area contributed by atoms with Gasteiger partial charge in [-0.25, -0.2) is 0 Å². The number of halogens is 1. The highest BCUT2D eigenvalue weighted by Gasteiger charge is 2.21. The molecular weight excluding hydrogens is 456 g/mol. The number of para-hydroxylation sites is 1. The molecule has 3 aromatic rings. The molecular formula is C24H25BrN4O2. The average molecular weight is 481 g/mol. The van der Waals surface area contributed by atoms with Gasteiger partial charge < -0.3 is 15.1 Å². The summed E-state index contributed by atoms with van der Waals surface area (Å²) in [6.07, 6.45) is 0.294. The minimum Gasteiger partial charge on any atom is -0.368 e. The number of nitrogens with zero attached hydrogens (tertiary/aromatic N) is 3. The second-order valence-corrected chi connectivity index (χ2v) is 8.60. The molecule has 0 aliphatic carbocycles. The number of hydrogen-bond donors (Lipinski definition) is 1. The van der Waals surface area contributed by atoms with E-state index in [0.717, 1.165) is 34.2 Å². The zero-order chi connectivity index (χ0) is 21.8. The van der Waals surface area contributed by atoms with Crippen LogP contribution in [-0.4, -0.2) is 54.4 Å². The fourth-order valence-corrected chi connectivity index (χ4v) is 4.27. The van der Waals surface area contributed by atoms with Crippen molar-refractivity contribution in [2.24, 2.45) is 0 Å². The maximum atomic E-state index is 12.8. The molecule has 1 aromatic heterocycles. The molecule has 2 heterocycles. The molecule has 0 atom stereocenters. The van der Waals surface area contributed by atoms with E-state index in [1.54, 1.807) is 6.07 Å². The second kappa shape index (κ2) is 9.47. The molecule has 1 saturated heterocycles. The topological polar surface area (TPSA) is 65.5 Å². The summed E-state index contributed by atoms with van der Waals surface area (Å²) in [6, 6.07) is 17.7. The second-order valence-electron chi connectivity index (χ2n) is 7.68. The van der Waals surface area contributed by atoms with Crippen LogP contribution >= 0.6 is 15.9 Å². The van der Waals surface area contributed by atoms with Crippen molar-refractivity contribution >= 4 is 44.3 Å². The van der Waals surface area contributed by atoms with Crippen LogP contribution in [-0.2, 0) is 4.79 Å². The van der Waals surface area contributed by atoms with Crippen LogP contribution in [0.5, 0.6) is 0 Å². The third kappa shape index (κ3) is 5.05. The Balaban J connectivity index is 1.31. The minimum atomic E-state index is -0.185. The molecule has 1 aliphatic rings. The Hall–Kier alpha value is -2.93. The normalized spacial score (nSPS) is 14.0. The first-order chi connectivity index (χ1) is 15.0. The van der Waals surface area contributed by atoms with Crippen LogP contribution in [0.2, 0.25) is 0 Å². The summed E-state index contributed by atoms with van der Waals surface area (Å²) in [5.74, 6) is -0.109. The van der Waals surface area contributed by atoms with Gasteiger partial charge in [0.25, 0.3) is 5.91 Å². The molecule has 0 bridgehead atoms. The Morgan fingerprint density at radius 3 is 2.52 bits per heavy atom. The van der Waals surface area contributed by atoms with E-state index in [1.807, 2.05) is 48.2 Å². The Morgan fingerprint density at radius 2 is 1.77 bits per heavy atom. The molecule has 0 unspecified atom stereocenters. The van der Waals surface area contributed by atoms with Crippen molar-refractivity contribution in [2.45, 2.75) is 13.3 Å². The van der Waals surface area contributed by atoms with Crippen molar-refractivity contribution in [3.8, 4) is 0 Å². The zero-order valence-corrected chi connectivity index (χ0v) is 19.1. The quantitative estimate of drug-likeness (QED) is 0.603. The molecule has 1 fully saturated rings. The maximum absolute atomic E-state index is 12.8. The van der Waals surface area contributed by atoms with E-state index in [9.17, 15) is 9.59 Å². The molecule has 0 spiro atoms. The van der Waals surface area contributed by atoms with E-state index >= 15 is 0 Å². The van der Waals surface area contributed by atoms with Crippen LogP contribution in [0.3, 0.4) is 0 Å². The van der Waals surface area contributed by atoms with Gasteiger partial charge in [0.2, 0.25) is 5.91 Å². The number of nitrogens with one attached hydrogen (secondary N) is 1. The summed E-state index contributed by atoms with van der Waals surface area (Å²) < 4.78 is 0.893. The van der Waals surface area contributed by atoms with E-state index in [-0.39, 0.29) is 11.8 Å². The Labute approximate surface area is 190 Å². The van der Waals surface area contributed by atoms with Crippen molar-refractivity contribution in [2.75, 3.05) is 37.6 Å². The van der Waals surface area contributed by atoms with Gasteiger partial charge in [0.15, 0.2) is 0 Å². The summed E-state index contributed by atoms with van der Waals surface area (Å²) >= 11 is 3.46. The van der Waals surface area contributed by atoms with Gasteiger partial charge in [-0.2, -0.15) is 0 Å². The van der Waals surface area contributed by atoms with Crippen molar-refractivity contribution in [1.82, 2.24) is 15.2 Å². The highest BCUT2D eigenvalue weighted by Crippen LogP contribution is 2.23. The number of carbonyl (C=O) groups is 2. The molecule has 4 rings (SSSR count). The van der Waals surface area contributed by atoms with Crippen LogP contribution in [0, 0.1) is 6.92 Å². The van der Waals surface area contributed by atoms with Gasteiger partial charge in [0, 0.05) is 60.4 Å². The number of hydrogen-bond acceptors (Lipinski definition) is 4. The van der Waals surface area contributed by atoms with Crippen molar-refractivity contribution in [3.63, 3.8) is 0 Å². The van der Waals surface area contributed by atoms with E-state index in [2.05, 4.69) is 43.3 Å². The lowest BCUT2D eigenvalue weighted by molar-refractivity contribution is -0.131. The van der Waals surface area contributed by atoms with Crippen LogP contribution < -0.4 is 10.2 Å². The Morgan fingerprint density at radius 1 is 1.03 bits per heavy atom. The van der Waals surface area contributed by atoms with Gasteiger partial charge in [-0.1, -0.05) is 34.1 Å². The number of benzene rings is 2. The zero-order valence-electron chi connectivity index (χ0n) is 17.5. The third-order valence-corrected chi connectivity index (χ3v) is 6.01. The number of carbonyl (C=O) groups excluding carboxylic acids is 2. The molecule has 0 saturated carbocycles. The SMILES string of the molecule is Cc1cc(C(=O)NCCC(=O)N2CCN(c3ccccc3)CC2)c2cc(Br)ccc2n1. The summed E-state index contributed by atoms with van der Waals surface area (Å²) in [7, 11) is 0. The van der Waals surface area contributed by atoms with Gasteiger partial charge in [-0.3, -0.25) is 14.6 Å². The predicted octanol–water partition coefficient (Wildman–Crippen LogP) is 3.77. The van der Waals surface area contributed by atoms with Crippen molar-refractivity contribution in [3.05, 3.63) is 70.3 Å². The van der Waals surface area contributed by atoms with E-state index in [1.165, 1.54) is 5.69 Å². The molecule has 7 heteroatoms. The number of rotatable bonds is 5. The first kappa shape index (κ1) is 21.3. The third-order valence-electron chi connectivity index (χ3n) is 5.52. The number of fused-ring (bicyclic) bond motifs is 1. The minimum absolute atomic E-state index is 0.0755. The van der Waals surface area contributed by atoms with E-state index < -0.39 is 0 Å². The first-order valence-corrected chi connectivity index (χ1v) is 11.2. The fourth-order valence-electron chi connectivity index (χ4n) is 3.91. The number of aryl methyl sites for hydroxylation is 1. The highest BCUT2D eigenvalue weighted by atomic mass is 79.9. The summed E-state index contributed by atoms with van der Waals surface area (Å²) in [6.45, 7) is 5.22. The largest absolute Gasteiger partial charge is 0.368 e. The average Bonchev–Trinajstić information content (AvgIpc) is 2.79. The predicted molar refractivity (Wildman–Crippen MR) is 126 cm³/mol. The van der Waals surface area contributed by atoms with Gasteiger partial charge >= 0.3 is 0 Å². The van der Waals surface area contributed by atoms with Crippen molar-refractivity contribution in [1.29, 1.82) is 0 Å². The lowest BCUT2D eigenvalue weighted by Crippen LogP contribution is -2.49. The van der Waals surface area contributed by atoms with Crippen LogP contribution in [0.25, 0.3) is 10.9 Å². The smallest absolute Gasteiger partial charge is 0.252 e. The van der Waals surface area contributed by atoms with Crippen LogP contribution in [0.4, 0.5) is 5.69 Å². The Bertz CT molecular complexity index is 1100. The molecule has 1 aliphatic heterocycles. The number of piperazine rings is 1. The number of anilines is 1. The van der Waals surface area contributed by atoms with Gasteiger partial charge in [-0.05, 0) is 43.3 Å². The number of pyridine rings is 1. The Kier molecular flexibility index (Phi) is 6.51. The molecule has 160 valence electrons. The van der Waals surface area contributed by atoms with Gasteiger partial charge in [0.05, 0.1) is 11.1 Å². The molecule has 31 heavy (non-hydrogen) atoms. The van der Waals surface area contributed by atoms with Crippen LogP contribution in [0.1, 0.15) is 22.5 Å². The van der Waals surface area contributed by atoms with Crippen molar-refractivity contribution < 1.29 is 9.59 Å². The summed E-state index contributed by atoms with van der Waals surface area (Å²) in [5, 5.41) is 3.69. The maximum Gasteiger partial charge on any atom is 0.252 e. The highest BCUT2D eigenvalue weighted by molar-refractivity contribution is 9.10. The molecule has 2 amide bonds. The van der Waals surface area contributed by atoms with Gasteiger partial charge in [0.1, 0.15) is 0 Å². The molecule has 2 aromatic carbocycles. The summed E-state index contributed by atoms with van der Waals surface area (Å²) in [4.78, 5) is 34.1.